The van der Waals surface area contributed by atoms with Crippen LogP contribution < -0.4 is 20.1 Å². The summed E-state index contributed by atoms with van der Waals surface area (Å²) in [6.07, 6.45) is 5.32. The number of rotatable bonds is 12. The van der Waals surface area contributed by atoms with Crippen LogP contribution in [0, 0.1) is 0 Å². The van der Waals surface area contributed by atoms with Gasteiger partial charge in [-0.3, -0.25) is 9.36 Å². The molecular weight excluding hydrogens is 562 g/mol. The first-order valence-electron chi connectivity index (χ1n) is 14.9. The van der Waals surface area contributed by atoms with Crippen molar-refractivity contribution in [1.29, 1.82) is 0 Å². The molecule has 0 aliphatic carbocycles. The van der Waals surface area contributed by atoms with Gasteiger partial charge in [0.25, 0.3) is 5.91 Å². The van der Waals surface area contributed by atoms with Gasteiger partial charge in [0.05, 0.1) is 18.7 Å². The molecule has 1 aliphatic rings. The number of benzene rings is 2. The van der Waals surface area contributed by atoms with E-state index in [-0.39, 0.29) is 18.5 Å². The van der Waals surface area contributed by atoms with Crippen molar-refractivity contribution in [2.75, 3.05) is 58.4 Å². The highest BCUT2D eigenvalue weighted by atomic mass is 16.5. The number of β-amino-alcohol motifs (C(OH)–C–C–N with tert-alkyl or cyclic N) is 1. The molecule has 0 bridgehead atoms. The van der Waals surface area contributed by atoms with Crippen molar-refractivity contribution in [3.8, 4) is 17.2 Å². The normalized spacial score (nSPS) is 14.0. The standard InChI is InChI=1S/C33H39N5O6/c1-3-42-18-19-43-29-22-28-26(11-15-38(28)33(41)34-2)20-30(29)44-27-8-12-35-31(21-27)36-32(40)25-6-4-23(5-7-25)24-9-13-37(14-10-24)16-17-39/h4-8,11-12,15,20-22,24,39H,3,9-10,13-14,16-19H2,1-2H3,(H,34,41)(H,35,36,40). The third kappa shape index (κ3) is 7.54. The summed E-state index contributed by atoms with van der Waals surface area (Å²) in [5.74, 6) is 1.88. The first kappa shape index (κ1) is 31.0. The van der Waals surface area contributed by atoms with E-state index >= 15 is 0 Å². The summed E-state index contributed by atoms with van der Waals surface area (Å²) in [5.41, 5.74) is 2.43. The SMILES string of the molecule is CCOCCOc1cc2c(ccn2C(=O)NC)cc1Oc1ccnc(NC(=O)c2ccc(C3CCN(CCO)CC3)cc2)c1. The van der Waals surface area contributed by atoms with E-state index in [1.807, 2.05) is 43.3 Å². The van der Waals surface area contributed by atoms with Crippen LogP contribution in [0.2, 0.25) is 0 Å². The van der Waals surface area contributed by atoms with E-state index in [1.54, 1.807) is 37.6 Å². The molecule has 2 aromatic carbocycles. The van der Waals surface area contributed by atoms with Crippen molar-refractivity contribution < 1.29 is 28.9 Å². The van der Waals surface area contributed by atoms with Crippen LogP contribution in [0.1, 0.15) is 41.6 Å². The highest BCUT2D eigenvalue weighted by Gasteiger charge is 2.21. The zero-order chi connectivity index (χ0) is 30.9. The van der Waals surface area contributed by atoms with Crippen molar-refractivity contribution in [3.63, 3.8) is 0 Å². The lowest BCUT2D eigenvalue weighted by Crippen LogP contribution is -2.34. The van der Waals surface area contributed by atoms with E-state index in [0.29, 0.717) is 59.9 Å². The molecule has 1 fully saturated rings. The van der Waals surface area contributed by atoms with Crippen molar-refractivity contribution in [2.24, 2.45) is 0 Å². The van der Waals surface area contributed by atoms with Gasteiger partial charge in [-0.1, -0.05) is 12.1 Å². The molecule has 11 heteroatoms. The topological polar surface area (TPSA) is 127 Å². The average Bonchev–Trinajstić information content (AvgIpc) is 3.46. The fourth-order valence-electron chi connectivity index (χ4n) is 5.38. The molecule has 4 aromatic rings. The van der Waals surface area contributed by atoms with E-state index in [4.69, 9.17) is 14.2 Å². The molecule has 3 N–H and O–H groups in total. The molecule has 0 spiro atoms. The van der Waals surface area contributed by atoms with Gasteiger partial charge in [0.2, 0.25) is 0 Å². The molecule has 0 radical (unpaired) electrons. The van der Waals surface area contributed by atoms with Gasteiger partial charge in [0.1, 0.15) is 18.2 Å². The monoisotopic (exact) mass is 601 g/mol. The number of likely N-dealkylation sites (tertiary alicyclic amines) is 1. The lowest BCUT2D eigenvalue weighted by atomic mass is 9.89. The molecule has 2 aromatic heterocycles. The number of anilines is 1. The summed E-state index contributed by atoms with van der Waals surface area (Å²) in [4.78, 5) is 32.0. The summed E-state index contributed by atoms with van der Waals surface area (Å²) >= 11 is 0. The molecule has 2 amide bonds. The minimum atomic E-state index is -0.268. The second-order valence-electron chi connectivity index (χ2n) is 10.5. The maximum atomic E-state index is 13.1. The Morgan fingerprint density at radius 2 is 1.82 bits per heavy atom. The predicted molar refractivity (Wildman–Crippen MR) is 168 cm³/mol. The number of carbonyl (C=O) groups excluding carboxylic acids is 2. The minimum Gasteiger partial charge on any atom is -0.487 e. The summed E-state index contributed by atoms with van der Waals surface area (Å²) in [6.45, 7) is 6.04. The van der Waals surface area contributed by atoms with Crippen molar-refractivity contribution in [3.05, 3.63) is 78.1 Å². The summed E-state index contributed by atoms with van der Waals surface area (Å²) in [6, 6.07) is 16.2. The Kier molecular flexibility index (Phi) is 10.4. The molecule has 232 valence electrons. The average molecular weight is 602 g/mol. The Balaban J connectivity index is 1.27. The van der Waals surface area contributed by atoms with Gasteiger partial charge in [-0.15, -0.1) is 0 Å². The molecule has 0 unspecified atom stereocenters. The van der Waals surface area contributed by atoms with E-state index in [2.05, 4.69) is 20.5 Å². The van der Waals surface area contributed by atoms with Crippen molar-refractivity contribution >= 4 is 28.7 Å². The molecule has 11 nitrogen and oxygen atoms in total. The second kappa shape index (κ2) is 14.8. The fraction of sp³-hybridized carbons (Fsp3) is 0.364. The first-order chi connectivity index (χ1) is 21.5. The van der Waals surface area contributed by atoms with E-state index in [1.165, 1.54) is 10.1 Å². The number of amides is 2. The number of carbonyl (C=O) groups is 2. The summed E-state index contributed by atoms with van der Waals surface area (Å²) in [7, 11) is 1.58. The maximum Gasteiger partial charge on any atom is 0.325 e. The molecule has 5 rings (SSSR count). The van der Waals surface area contributed by atoms with Crippen molar-refractivity contribution in [1.82, 2.24) is 19.8 Å². The molecule has 1 saturated heterocycles. The second-order valence-corrected chi connectivity index (χ2v) is 10.5. The molecule has 0 saturated carbocycles. The van der Waals surface area contributed by atoms with Gasteiger partial charge < -0.3 is 34.9 Å². The molecule has 1 aliphatic heterocycles. The Labute approximate surface area is 256 Å². The van der Waals surface area contributed by atoms with Crippen LogP contribution in [-0.4, -0.2) is 84.6 Å². The van der Waals surface area contributed by atoms with Crippen LogP contribution in [0.4, 0.5) is 10.6 Å². The Bertz CT molecular complexity index is 1560. The summed E-state index contributed by atoms with van der Waals surface area (Å²) in [5, 5.41) is 15.5. The number of aromatic nitrogens is 2. The number of aliphatic hydroxyl groups excluding tert-OH is 1. The van der Waals surface area contributed by atoms with Crippen LogP contribution in [-0.2, 0) is 4.74 Å². The van der Waals surface area contributed by atoms with Gasteiger partial charge in [-0.25, -0.2) is 9.78 Å². The van der Waals surface area contributed by atoms with E-state index < -0.39 is 0 Å². The number of hydrogen-bond donors (Lipinski definition) is 3. The fourth-order valence-corrected chi connectivity index (χ4v) is 5.38. The number of aliphatic hydroxyl groups is 1. The van der Waals surface area contributed by atoms with E-state index in [9.17, 15) is 14.7 Å². The van der Waals surface area contributed by atoms with Crippen LogP contribution in [0.5, 0.6) is 17.2 Å². The number of pyridine rings is 1. The van der Waals surface area contributed by atoms with Crippen LogP contribution in [0.15, 0.2) is 67.0 Å². The van der Waals surface area contributed by atoms with Gasteiger partial charge in [-0.2, -0.15) is 0 Å². The van der Waals surface area contributed by atoms with Gasteiger partial charge in [-0.05, 0) is 74.7 Å². The lowest BCUT2D eigenvalue weighted by Gasteiger charge is -2.31. The highest BCUT2D eigenvalue weighted by molar-refractivity contribution is 6.03. The third-order valence-electron chi connectivity index (χ3n) is 7.73. The number of piperidine rings is 1. The zero-order valence-corrected chi connectivity index (χ0v) is 25.1. The van der Waals surface area contributed by atoms with Crippen molar-refractivity contribution in [2.45, 2.75) is 25.7 Å². The van der Waals surface area contributed by atoms with Crippen LogP contribution in [0.3, 0.4) is 0 Å². The van der Waals surface area contributed by atoms with Gasteiger partial charge in [0.15, 0.2) is 11.5 Å². The number of nitrogens with zero attached hydrogens (tertiary/aromatic N) is 3. The molecule has 44 heavy (non-hydrogen) atoms. The molecule has 3 heterocycles. The van der Waals surface area contributed by atoms with Gasteiger partial charge in [0, 0.05) is 55.7 Å². The Morgan fingerprint density at radius 3 is 2.55 bits per heavy atom. The van der Waals surface area contributed by atoms with Crippen LogP contribution >= 0.6 is 0 Å². The van der Waals surface area contributed by atoms with Crippen LogP contribution in [0.25, 0.3) is 10.9 Å². The predicted octanol–water partition coefficient (Wildman–Crippen LogP) is 4.86. The third-order valence-corrected chi connectivity index (χ3v) is 7.73. The highest BCUT2D eigenvalue weighted by Crippen LogP contribution is 2.37. The Morgan fingerprint density at radius 1 is 1.02 bits per heavy atom. The molecule has 0 atom stereocenters. The minimum absolute atomic E-state index is 0.188. The number of hydrogen-bond acceptors (Lipinski definition) is 8. The smallest absolute Gasteiger partial charge is 0.325 e. The first-order valence-corrected chi connectivity index (χ1v) is 14.9. The zero-order valence-electron chi connectivity index (χ0n) is 25.1. The number of fused-ring (bicyclic) bond motifs is 1. The Hall–Kier alpha value is -4.45. The number of ether oxygens (including phenoxy) is 3. The summed E-state index contributed by atoms with van der Waals surface area (Å²) < 4.78 is 19.1. The lowest BCUT2D eigenvalue weighted by molar-refractivity contribution is 0.102. The van der Waals surface area contributed by atoms with E-state index in [0.717, 1.165) is 37.9 Å². The van der Waals surface area contributed by atoms with Gasteiger partial charge >= 0.3 is 6.03 Å². The molecular formula is C33H39N5O6. The quantitative estimate of drug-likeness (QED) is 0.197. The number of nitrogens with one attached hydrogen (secondary N) is 2. The maximum absolute atomic E-state index is 13.1. The largest absolute Gasteiger partial charge is 0.487 e.